The lowest BCUT2D eigenvalue weighted by atomic mass is 10.1. The monoisotopic (exact) mass is 156 g/mol. The van der Waals surface area contributed by atoms with Gasteiger partial charge >= 0.3 is 0 Å². The van der Waals surface area contributed by atoms with Gasteiger partial charge < -0.3 is 10.6 Å². The van der Waals surface area contributed by atoms with Gasteiger partial charge in [0.15, 0.2) is 0 Å². The molecule has 3 nitrogen and oxygen atoms in total. The third-order valence-corrected chi connectivity index (χ3v) is 3.00. The first kappa shape index (κ1) is 6.24. The van der Waals surface area contributed by atoms with Crippen LogP contribution in [0.1, 0.15) is 0 Å². The van der Waals surface area contributed by atoms with Crippen molar-refractivity contribution >= 4 is 17.7 Å². The summed E-state index contributed by atoms with van der Waals surface area (Å²) in [5.74, 6) is 1.02. The zero-order valence-electron chi connectivity index (χ0n) is 5.36. The summed E-state index contributed by atoms with van der Waals surface area (Å²) in [4.78, 5) is 12.6. The first-order valence-electron chi connectivity index (χ1n) is 3.17. The molecule has 2 atom stereocenters. The van der Waals surface area contributed by atoms with Crippen LogP contribution in [0.4, 0.5) is 0 Å². The number of nitrogens with two attached hydrogens (primary N) is 1. The van der Waals surface area contributed by atoms with Crippen molar-refractivity contribution in [2.75, 3.05) is 5.75 Å². The predicted octanol–water partition coefficient (Wildman–Crippen LogP) is -0.258. The van der Waals surface area contributed by atoms with Crippen molar-refractivity contribution in [3.8, 4) is 0 Å². The van der Waals surface area contributed by atoms with Crippen LogP contribution in [0, 0.1) is 0 Å². The number of hydrogen-bond acceptors (Lipinski definition) is 3. The number of thioether (sulfide) groups is 1. The SMILES string of the molecule is N[C@H]1C(=O)N2C=CCS[C@@H]12. The molecule has 1 amide bonds. The Bertz CT molecular complexity index is 204. The summed E-state index contributed by atoms with van der Waals surface area (Å²) in [6.07, 6.45) is 3.80. The van der Waals surface area contributed by atoms with Crippen molar-refractivity contribution in [3.05, 3.63) is 12.3 Å². The minimum absolute atomic E-state index is 0.0495. The van der Waals surface area contributed by atoms with Gasteiger partial charge in [0, 0.05) is 12.0 Å². The smallest absolute Gasteiger partial charge is 0.247 e. The standard InChI is InChI=1S/C6H8N2OS/c7-4-5(9)8-2-1-3-10-6(4)8/h1-2,4,6H,3,7H2/t4-,6-/m0/s1. The number of fused-ring (bicyclic) bond motifs is 1. The molecule has 1 fully saturated rings. The summed E-state index contributed by atoms with van der Waals surface area (Å²) in [5, 5.41) is 0.220. The predicted molar refractivity (Wildman–Crippen MR) is 40.2 cm³/mol. The van der Waals surface area contributed by atoms with Crippen molar-refractivity contribution in [3.63, 3.8) is 0 Å². The van der Waals surface area contributed by atoms with E-state index in [-0.39, 0.29) is 17.3 Å². The van der Waals surface area contributed by atoms with Gasteiger partial charge in [-0.15, -0.1) is 11.8 Å². The molecule has 0 aromatic rings. The van der Waals surface area contributed by atoms with Crippen LogP contribution in [0.2, 0.25) is 0 Å². The van der Waals surface area contributed by atoms with E-state index in [1.165, 1.54) is 0 Å². The molecule has 0 radical (unpaired) electrons. The van der Waals surface area contributed by atoms with E-state index < -0.39 is 0 Å². The summed E-state index contributed by atoms with van der Waals surface area (Å²) in [6.45, 7) is 0. The third kappa shape index (κ3) is 0.630. The summed E-state index contributed by atoms with van der Waals surface area (Å²) in [5.41, 5.74) is 5.53. The molecule has 0 aliphatic carbocycles. The van der Waals surface area contributed by atoms with Crippen LogP contribution in [0.15, 0.2) is 12.3 Å². The zero-order valence-corrected chi connectivity index (χ0v) is 6.17. The minimum atomic E-state index is -0.255. The summed E-state index contributed by atoms with van der Waals surface area (Å²) in [7, 11) is 0. The van der Waals surface area contributed by atoms with E-state index in [4.69, 9.17) is 5.73 Å². The highest BCUT2D eigenvalue weighted by atomic mass is 32.2. The molecule has 0 saturated carbocycles. The molecule has 0 bridgehead atoms. The lowest BCUT2D eigenvalue weighted by molar-refractivity contribution is -0.140. The highest BCUT2D eigenvalue weighted by Crippen LogP contribution is 2.31. The Morgan fingerprint density at radius 2 is 2.60 bits per heavy atom. The Morgan fingerprint density at radius 3 is 3.30 bits per heavy atom. The third-order valence-electron chi connectivity index (χ3n) is 1.75. The number of amides is 1. The number of hydrogen-bond donors (Lipinski definition) is 1. The van der Waals surface area contributed by atoms with Gasteiger partial charge in [0.2, 0.25) is 5.91 Å². The van der Waals surface area contributed by atoms with Gasteiger partial charge in [0.25, 0.3) is 0 Å². The molecule has 2 rings (SSSR count). The first-order chi connectivity index (χ1) is 4.80. The molecule has 0 aromatic heterocycles. The first-order valence-corrected chi connectivity index (χ1v) is 4.21. The van der Waals surface area contributed by atoms with E-state index in [0.717, 1.165) is 5.75 Å². The van der Waals surface area contributed by atoms with Crippen molar-refractivity contribution in [1.82, 2.24) is 4.90 Å². The highest BCUT2D eigenvalue weighted by Gasteiger charge is 2.44. The summed E-state index contributed by atoms with van der Waals surface area (Å²) < 4.78 is 0. The maximum atomic E-state index is 10.9. The number of carbonyl (C=O) groups excluding carboxylic acids is 1. The van der Waals surface area contributed by atoms with Gasteiger partial charge in [0.1, 0.15) is 11.4 Å². The quantitative estimate of drug-likeness (QED) is 0.492. The van der Waals surface area contributed by atoms with E-state index in [9.17, 15) is 4.79 Å². The Kier molecular flexibility index (Phi) is 1.25. The van der Waals surface area contributed by atoms with Gasteiger partial charge in [-0.1, -0.05) is 6.08 Å². The molecule has 2 N–H and O–H groups in total. The van der Waals surface area contributed by atoms with Crippen LogP contribution in [-0.2, 0) is 4.79 Å². The molecule has 0 unspecified atom stereocenters. The molecule has 0 spiro atoms. The van der Waals surface area contributed by atoms with E-state index in [1.807, 2.05) is 12.3 Å². The maximum absolute atomic E-state index is 10.9. The van der Waals surface area contributed by atoms with Crippen LogP contribution in [0.3, 0.4) is 0 Å². The minimum Gasteiger partial charge on any atom is -0.317 e. The molecular formula is C6H8N2OS. The second-order valence-electron chi connectivity index (χ2n) is 2.38. The van der Waals surface area contributed by atoms with Crippen LogP contribution >= 0.6 is 11.8 Å². The average molecular weight is 156 g/mol. The van der Waals surface area contributed by atoms with Crippen molar-refractivity contribution < 1.29 is 4.79 Å². The second kappa shape index (κ2) is 2.00. The number of nitrogens with zero attached hydrogens (tertiary/aromatic N) is 1. The fourth-order valence-electron chi connectivity index (χ4n) is 1.16. The van der Waals surface area contributed by atoms with Crippen molar-refractivity contribution in [2.45, 2.75) is 11.4 Å². The van der Waals surface area contributed by atoms with Crippen LogP contribution in [-0.4, -0.2) is 28.0 Å². The van der Waals surface area contributed by atoms with Crippen molar-refractivity contribution in [1.29, 1.82) is 0 Å². The second-order valence-corrected chi connectivity index (χ2v) is 3.53. The number of β-lactam (4-membered cyclic amide) rings is 1. The largest absolute Gasteiger partial charge is 0.317 e. The van der Waals surface area contributed by atoms with E-state index >= 15 is 0 Å². The molecule has 2 aliphatic rings. The summed E-state index contributed by atoms with van der Waals surface area (Å²) >= 11 is 1.72. The number of carbonyl (C=O) groups is 1. The topological polar surface area (TPSA) is 46.3 Å². The van der Waals surface area contributed by atoms with Crippen LogP contribution in [0.5, 0.6) is 0 Å². The Labute approximate surface area is 63.2 Å². The van der Waals surface area contributed by atoms with Crippen LogP contribution in [0.25, 0.3) is 0 Å². The fraction of sp³-hybridized carbons (Fsp3) is 0.500. The molecule has 4 heteroatoms. The van der Waals surface area contributed by atoms with Crippen LogP contribution < -0.4 is 5.73 Å². The van der Waals surface area contributed by atoms with Gasteiger partial charge in [-0.25, -0.2) is 0 Å². The van der Waals surface area contributed by atoms with E-state index in [1.54, 1.807) is 16.7 Å². The van der Waals surface area contributed by atoms with Gasteiger partial charge in [-0.05, 0) is 0 Å². The molecule has 2 heterocycles. The Hall–Kier alpha value is -0.480. The average Bonchev–Trinajstić information content (AvgIpc) is 2.03. The normalized spacial score (nSPS) is 37.3. The fourth-order valence-corrected chi connectivity index (χ4v) is 2.22. The maximum Gasteiger partial charge on any atom is 0.247 e. The lowest BCUT2D eigenvalue weighted by Crippen LogP contribution is -2.65. The molecule has 1 saturated heterocycles. The number of rotatable bonds is 0. The van der Waals surface area contributed by atoms with Gasteiger partial charge in [-0.2, -0.15) is 0 Å². The lowest BCUT2D eigenvalue weighted by Gasteiger charge is -2.44. The zero-order chi connectivity index (χ0) is 7.14. The molecule has 54 valence electrons. The van der Waals surface area contributed by atoms with E-state index in [0.29, 0.717) is 0 Å². The Morgan fingerprint density at radius 1 is 1.80 bits per heavy atom. The Balaban J connectivity index is 2.18. The van der Waals surface area contributed by atoms with Crippen molar-refractivity contribution in [2.24, 2.45) is 5.73 Å². The molecule has 0 aromatic carbocycles. The summed E-state index contributed by atoms with van der Waals surface area (Å²) in [6, 6.07) is -0.255. The van der Waals surface area contributed by atoms with E-state index in [2.05, 4.69) is 0 Å². The van der Waals surface area contributed by atoms with Gasteiger partial charge in [-0.3, -0.25) is 4.79 Å². The van der Waals surface area contributed by atoms with Gasteiger partial charge in [0.05, 0.1) is 0 Å². The molecule has 10 heavy (non-hydrogen) atoms. The molecule has 2 aliphatic heterocycles. The highest BCUT2D eigenvalue weighted by molar-refractivity contribution is 8.00. The molecular weight excluding hydrogens is 148 g/mol.